The van der Waals surface area contributed by atoms with Gasteiger partial charge in [0, 0.05) is 29.9 Å². The first-order chi connectivity index (χ1) is 12.0. The van der Waals surface area contributed by atoms with Crippen molar-refractivity contribution in [3.63, 3.8) is 0 Å². The van der Waals surface area contributed by atoms with E-state index < -0.39 is 17.0 Å². The first-order valence-electron chi connectivity index (χ1n) is 7.92. The van der Waals surface area contributed by atoms with Crippen molar-refractivity contribution < 1.29 is 18.8 Å². The van der Waals surface area contributed by atoms with Crippen LogP contribution in [0.3, 0.4) is 0 Å². The fourth-order valence-electron chi connectivity index (χ4n) is 3.68. The van der Waals surface area contributed by atoms with E-state index in [0.29, 0.717) is 12.0 Å². The fraction of sp³-hybridized carbons (Fsp3) is 0.294. The lowest BCUT2D eigenvalue weighted by Crippen LogP contribution is -2.43. The number of ether oxygens (including phenoxy) is 1. The van der Waals surface area contributed by atoms with E-state index in [1.807, 2.05) is 0 Å². The minimum atomic E-state index is -0.524. The number of nitro benzene ring substituents is 1. The molecule has 128 valence electrons. The van der Waals surface area contributed by atoms with Crippen molar-refractivity contribution in [2.24, 2.45) is 0 Å². The molecule has 1 fully saturated rings. The number of hydrogen-bond acceptors (Lipinski definition) is 5. The molecule has 2 aliphatic rings. The molecule has 0 radical (unpaired) electrons. The van der Waals surface area contributed by atoms with Gasteiger partial charge >= 0.3 is 6.09 Å². The van der Waals surface area contributed by atoms with Crippen LogP contribution in [0.4, 0.5) is 14.9 Å². The highest BCUT2D eigenvalue weighted by atomic mass is 19.1. The number of carbonyl (C=O) groups is 1. The molecular formula is C17H14FN3O4. The van der Waals surface area contributed by atoms with Crippen molar-refractivity contribution in [1.29, 1.82) is 0 Å². The Morgan fingerprint density at radius 2 is 2.04 bits per heavy atom. The molecule has 1 saturated heterocycles. The highest BCUT2D eigenvalue weighted by Gasteiger charge is 2.44. The first kappa shape index (κ1) is 15.5. The zero-order valence-corrected chi connectivity index (χ0v) is 13.1. The van der Waals surface area contributed by atoms with Crippen molar-refractivity contribution in [2.45, 2.75) is 31.3 Å². The molecule has 0 unspecified atom stereocenters. The lowest BCUT2D eigenvalue weighted by atomic mass is 9.95. The van der Waals surface area contributed by atoms with Crippen LogP contribution in [0.25, 0.3) is 0 Å². The molecule has 2 aliphatic heterocycles. The molecule has 1 aromatic carbocycles. The summed E-state index contributed by atoms with van der Waals surface area (Å²) in [5.74, 6) is -0.237. The number of non-ortho nitro benzene ring substituents is 1. The lowest BCUT2D eigenvalue weighted by molar-refractivity contribution is -0.384. The number of carbonyl (C=O) groups excluding carboxylic acids is 1. The van der Waals surface area contributed by atoms with Crippen molar-refractivity contribution in [3.05, 3.63) is 63.7 Å². The topological polar surface area (TPSA) is 85.6 Å². The van der Waals surface area contributed by atoms with Crippen LogP contribution in [0.15, 0.2) is 36.5 Å². The molecular weight excluding hydrogens is 329 g/mol. The number of benzene rings is 1. The Bertz CT molecular complexity index is 855. The predicted molar refractivity (Wildman–Crippen MR) is 84.6 cm³/mol. The third-order valence-corrected chi connectivity index (χ3v) is 4.80. The number of aromatic nitrogens is 1. The molecule has 8 heteroatoms. The molecule has 2 aromatic rings. The van der Waals surface area contributed by atoms with Gasteiger partial charge in [-0.25, -0.2) is 9.78 Å². The van der Waals surface area contributed by atoms with Crippen molar-refractivity contribution in [3.8, 4) is 5.75 Å². The summed E-state index contributed by atoms with van der Waals surface area (Å²) in [6.07, 6.45) is 2.82. The quantitative estimate of drug-likeness (QED) is 0.474. The van der Waals surface area contributed by atoms with Gasteiger partial charge in [0.05, 0.1) is 11.0 Å². The monoisotopic (exact) mass is 343 g/mol. The summed E-state index contributed by atoms with van der Waals surface area (Å²) in [5, 5.41) is 10.7. The van der Waals surface area contributed by atoms with Gasteiger partial charge in [0.2, 0.25) is 5.95 Å². The van der Waals surface area contributed by atoms with E-state index in [2.05, 4.69) is 4.98 Å². The maximum Gasteiger partial charge on any atom is 0.416 e. The van der Waals surface area contributed by atoms with E-state index in [1.54, 1.807) is 11.0 Å². The van der Waals surface area contributed by atoms with Crippen LogP contribution in [0, 0.1) is 16.1 Å². The Kier molecular flexibility index (Phi) is 3.60. The largest absolute Gasteiger partial charge is 0.416 e. The van der Waals surface area contributed by atoms with Gasteiger partial charge in [0.25, 0.3) is 5.69 Å². The number of hydrogen-bond donors (Lipinski definition) is 0. The minimum absolute atomic E-state index is 0.0743. The van der Waals surface area contributed by atoms with Crippen LogP contribution in [-0.2, 0) is 6.42 Å². The Hall–Kier alpha value is -3.03. The van der Waals surface area contributed by atoms with E-state index in [9.17, 15) is 19.3 Å². The maximum atomic E-state index is 13.9. The van der Waals surface area contributed by atoms with E-state index >= 15 is 0 Å². The molecule has 2 atom stereocenters. The van der Waals surface area contributed by atoms with Crippen molar-refractivity contribution in [2.75, 3.05) is 0 Å². The SMILES string of the molecule is O=C(Oc1ccc([N+](=O)[O-])cc1)N1[C@H]2CC[C@@H]1c1ccnc(F)c1C2. The Labute approximate surface area is 142 Å². The number of halogens is 1. The molecule has 7 nitrogen and oxygen atoms in total. The normalized spacial score (nSPS) is 20.9. The Morgan fingerprint density at radius 3 is 2.76 bits per heavy atom. The second kappa shape index (κ2) is 5.80. The number of nitro groups is 1. The fourth-order valence-corrected chi connectivity index (χ4v) is 3.68. The third-order valence-electron chi connectivity index (χ3n) is 4.80. The average molecular weight is 343 g/mol. The third kappa shape index (κ3) is 2.59. The summed E-state index contributed by atoms with van der Waals surface area (Å²) in [5.41, 5.74) is 1.28. The van der Waals surface area contributed by atoms with Crippen molar-refractivity contribution in [1.82, 2.24) is 9.88 Å². The van der Waals surface area contributed by atoms with E-state index in [4.69, 9.17) is 4.74 Å². The number of nitrogens with zero attached hydrogens (tertiary/aromatic N) is 3. The maximum absolute atomic E-state index is 13.9. The van der Waals surface area contributed by atoms with E-state index in [0.717, 1.165) is 18.4 Å². The molecule has 25 heavy (non-hydrogen) atoms. The zero-order chi connectivity index (χ0) is 17.6. The van der Waals surface area contributed by atoms with Crippen LogP contribution in [0.1, 0.15) is 30.0 Å². The molecule has 3 heterocycles. The first-order valence-corrected chi connectivity index (χ1v) is 7.92. The molecule has 0 saturated carbocycles. The van der Waals surface area contributed by atoms with Crippen LogP contribution in [-0.4, -0.2) is 26.9 Å². The molecule has 1 amide bonds. The summed E-state index contributed by atoms with van der Waals surface area (Å²) in [7, 11) is 0. The highest BCUT2D eigenvalue weighted by Crippen LogP contribution is 2.44. The lowest BCUT2D eigenvalue weighted by Gasteiger charge is -2.35. The number of fused-ring (bicyclic) bond motifs is 4. The molecule has 0 aliphatic carbocycles. The molecule has 0 N–H and O–H groups in total. The van der Waals surface area contributed by atoms with Gasteiger partial charge < -0.3 is 4.74 Å². The average Bonchev–Trinajstić information content (AvgIpc) is 2.92. The summed E-state index contributed by atoms with van der Waals surface area (Å²) in [4.78, 5) is 28.1. The van der Waals surface area contributed by atoms with E-state index in [1.165, 1.54) is 30.5 Å². The molecule has 0 spiro atoms. The van der Waals surface area contributed by atoms with Crippen LogP contribution >= 0.6 is 0 Å². The summed E-state index contributed by atoms with van der Waals surface area (Å²) in [6, 6.07) is 6.74. The van der Waals surface area contributed by atoms with Gasteiger partial charge in [-0.05, 0) is 43.0 Å². The molecule has 4 rings (SSSR count). The second-order valence-electron chi connectivity index (χ2n) is 6.15. The zero-order valence-electron chi connectivity index (χ0n) is 13.1. The molecule has 1 aromatic heterocycles. The highest BCUT2D eigenvalue weighted by molar-refractivity contribution is 5.73. The number of rotatable bonds is 2. The summed E-state index contributed by atoms with van der Waals surface area (Å²) in [6.45, 7) is 0. The minimum Gasteiger partial charge on any atom is -0.410 e. The van der Waals surface area contributed by atoms with Crippen molar-refractivity contribution >= 4 is 11.8 Å². The van der Waals surface area contributed by atoms with Crippen LogP contribution in [0.2, 0.25) is 0 Å². The Morgan fingerprint density at radius 1 is 1.28 bits per heavy atom. The van der Waals surface area contributed by atoms with Gasteiger partial charge in [-0.15, -0.1) is 0 Å². The number of pyridine rings is 1. The van der Waals surface area contributed by atoms with Gasteiger partial charge in [-0.1, -0.05) is 0 Å². The Balaban J connectivity index is 1.56. The van der Waals surface area contributed by atoms with Gasteiger partial charge in [-0.2, -0.15) is 4.39 Å². The van der Waals surface area contributed by atoms with Crippen LogP contribution < -0.4 is 4.74 Å². The molecule has 2 bridgehead atoms. The van der Waals surface area contributed by atoms with Gasteiger partial charge in [0.15, 0.2) is 0 Å². The second-order valence-corrected chi connectivity index (χ2v) is 6.15. The van der Waals surface area contributed by atoms with Gasteiger partial charge in [-0.3, -0.25) is 15.0 Å². The summed E-state index contributed by atoms with van der Waals surface area (Å²) >= 11 is 0. The van der Waals surface area contributed by atoms with Crippen LogP contribution in [0.5, 0.6) is 5.75 Å². The standard InChI is InChI=1S/C17H14FN3O4/c18-16-14-9-11-3-6-15(13(14)7-8-19-16)20(11)17(22)25-12-4-1-10(2-5-12)21(23)24/h1-2,4-5,7-8,11,15H,3,6,9H2/t11-,15+/m0/s1. The summed E-state index contributed by atoms with van der Waals surface area (Å²) < 4.78 is 19.3. The predicted octanol–water partition coefficient (Wildman–Crippen LogP) is 3.39. The van der Waals surface area contributed by atoms with E-state index in [-0.39, 0.29) is 23.5 Å². The number of amides is 1. The smallest absolute Gasteiger partial charge is 0.410 e. The van der Waals surface area contributed by atoms with Gasteiger partial charge in [0.1, 0.15) is 5.75 Å².